The fraction of sp³-hybridized carbons (Fsp3) is 0.417. The number of carbonyl (C=O) groups excluding carboxylic acids is 2. The summed E-state index contributed by atoms with van der Waals surface area (Å²) in [6.45, 7) is 3.68. The molecule has 0 aromatic heterocycles. The highest BCUT2D eigenvalue weighted by Gasteiger charge is 2.33. The predicted molar refractivity (Wildman–Crippen MR) is 110 cm³/mol. The third kappa shape index (κ3) is 3.09. The molecule has 2 heterocycles. The van der Waals surface area contributed by atoms with E-state index in [1.807, 2.05) is 6.07 Å². The number of piperidine rings is 1. The van der Waals surface area contributed by atoms with Gasteiger partial charge in [0.25, 0.3) is 5.91 Å². The number of hydrogen-bond acceptors (Lipinski definition) is 4. The molecule has 2 aromatic carbocycles. The first-order valence-electron chi connectivity index (χ1n) is 10.5. The largest absolute Gasteiger partial charge is 0.491 e. The molecule has 150 valence electrons. The average Bonchev–Trinajstić information content (AvgIpc) is 3.18. The van der Waals surface area contributed by atoms with Gasteiger partial charge in [-0.05, 0) is 54.5 Å². The molecule has 2 aromatic rings. The Bertz CT molecular complexity index is 1030. The number of Topliss-reactive ketones (excluding diaryl/α,β-unsaturated/α-hetero) is 1. The van der Waals surface area contributed by atoms with E-state index in [0.29, 0.717) is 32.1 Å². The molecule has 3 aliphatic rings. The van der Waals surface area contributed by atoms with E-state index >= 15 is 0 Å². The van der Waals surface area contributed by atoms with Crippen LogP contribution in [-0.4, -0.2) is 42.9 Å². The minimum atomic E-state index is -0.184. The van der Waals surface area contributed by atoms with Crippen LogP contribution in [0, 0.1) is 5.92 Å². The number of benzene rings is 2. The zero-order valence-corrected chi connectivity index (χ0v) is 16.7. The topological polar surface area (TPSA) is 55.8 Å². The van der Waals surface area contributed by atoms with E-state index in [1.165, 1.54) is 16.5 Å². The Hall–Kier alpha value is -2.82. The summed E-state index contributed by atoms with van der Waals surface area (Å²) in [5.74, 6) is 0.609. The van der Waals surface area contributed by atoms with Crippen LogP contribution in [0.3, 0.4) is 0 Å². The van der Waals surface area contributed by atoms with Crippen LogP contribution >= 0.6 is 0 Å². The van der Waals surface area contributed by atoms with E-state index in [1.54, 1.807) is 11.8 Å². The molecule has 5 rings (SSSR count). The normalized spacial score (nSPS) is 21.1. The van der Waals surface area contributed by atoms with Crippen LogP contribution in [0.15, 0.2) is 41.9 Å². The highest BCUT2D eigenvalue weighted by atomic mass is 16.6. The number of carbonyl (C=O) groups is 2. The van der Waals surface area contributed by atoms with Crippen LogP contribution in [0.2, 0.25) is 0 Å². The smallest absolute Gasteiger partial charge is 0.292 e. The molecule has 1 fully saturated rings. The lowest BCUT2D eigenvalue weighted by atomic mass is 9.87. The minimum absolute atomic E-state index is 0.143. The summed E-state index contributed by atoms with van der Waals surface area (Å²) in [4.78, 5) is 28.1. The van der Waals surface area contributed by atoms with Crippen molar-refractivity contribution < 1.29 is 19.1 Å². The Balaban J connectivity index is 1.41. The highest BCUT2D eigenvalue weighted by Crippen LogP contribution is 2.34. The standard InChI is InChI=1S/C24H25NO4/c1-15-23(29-13-12-28-15)24(27)25-11-3-5-18(14-25)22(26)20-10-9-17-8-7-16-4-2-6-19(20)21(16)17/h2,4,6,9-10,18H,3,5,7-8,11-14H2,1H3. The zero-order valence-electron chi connectivity index (χ0n) is 16.7. The Kier molecular flexibility index (Phi) is 4.53. The van der Waals surface area contributed by atoms with E-state index < -0.39 is 0 Å². The first kappa shape index (κ1) is 18.2. The molecule has 1 aliphatic carbocycles. The summed E-state index contributed by atoms with van der Waals surface area (Å²) in [6.07, 6.45) is 3.72. The number of ketones is 1. The van der Waals surface area contributed by atoms with Gasteiger partial charge >= 0.3 is 0 Å². The van der Waals surface area contributed by atoms with E-state index in [-0.39, 0.29) is 23.4 Å². The number of nitrogens with zero attached hydrogens (tertiary/aromatic N) is 1. The minimum Gasteiger partial charge on any atom is -0.491 e. The lowest BCUT2D eigenvalue weighted by molar-refractivity contribution is -0.134. The average molecular weight is 391 g/mol. The summed E-state index contributed by atoms with van der Waals surface area (Å²) < 4.78 is 11.0. The van der Waals surface area contributed by atoms with E-state index in [0.717, 1.165) is 36.6 Å². The van der Waals surface area contributed by atoms with Crippen molar-refractivity contribution in [1.82, 2.24) is 4.90 Å². The molecule has 0 spiro atoms. The van der Waals surface area contributed by atoms with Gasteiger partial charge in [-0.15, -0.1) is 0 Å². The molecular formula is C24H25NO4. The molecule has 1 saturated heterocycles. The van der Waals surface area contributed by atoms with Crippen LogP contribution in [0.5, 0.6) is 0 Å². The molecule has 1 atom stereocenters. The van der Waals surface area contributed by atoms with Crippen LogP contribution < -0.4 is 0 Å². The van der Waals surface area contributed by atoms with Gasteiger partial charge in [0, 0.05) is 24.6 Å². The van der Waals surface area contributed by atoms with Crippen molar-refractivity contribution in [2.24, 2.45) is 5.92 Å². The molecule has 5 heteroatoms. The Labute approximate surface area is 170 Å². The van der Waals surface area contributed by atoms with Gasteiger partial charge in [-0.3, -0.25) is 9.59 Å². The third-order valence-electron chi connectivity index (χ3n) is 6.38. The maximum atomic E-state index is 13.5. The van der Waals surface area contributed by atoms with Crippen LogP contribution in [0.4, 0.5) is 0 Å². The first-order valence-corrected chi connectivity index (χ1v) is 10.5. The number of rotatable bonds is 3. The summed E-state index contributed by atoms with van der Waals surface area (Å²) in [6, 6.07) is 10.4. The molecule has 29 heavy (non-hydrogen) atoms. The second-order valence-corrected chi connectivity index (χ2v) is 8.15. The molecule has 5 nitrogen and oxygen atoms in total. The zero-order chi connectivity index (χ0) is 20.0. The Morgan fingerprint density at radius 1 is 1.03 bits per heavy atom. The summed E-state index contributed by atoms with van der Waals surface area (Å²) >= 11 is 0. The number of likely N-dealkylation sites (tertiary alicyclic amines) is 1. The first-order chi connectivity index (χ1) is 14.1. The number of ether oxygens (including phenoxy) is 2. The number of amides is 1. The van der Waals surface area contributed by atoms with Gasteiger partial charge in [0.15, 0.2) is 5.78 Å². The molecule has 1 amide bonds. The quantitative estimate of drug-likeness (QED) is 0.750. The van der Waals surface area contributed by atoms with Crippen LogP contribution in [-0.2, 0) is 27.1 Å². The van der Waals surface area contributed by atoms with Crippen molar-refractivity contribution in [3.05, 3.63) is 58.5 Å². The number of aryl methyl sites for hydroxylation is 2. The SMILES string of the molecule is CC1=C(C(=O)N2CCCC(C(=O)c3ccc4c5c(cccc35)CC4)C2)OCCO1. The van der Waals surface area contributed by atoms with Gasteiger partial charge in [-0.2, -0.15) is 0 Å². The fourth-order valence-electron chi connectivity index (χ4n) is 4.92. The number of hydrogen-bond donors (Lipinski definition) is 0. The molecule has 2 aliphatic heterocycles. The van der Waals surface area contributed by atoms with Crippen molar-refractivity contribution in [3.8, 4) is 0 Å². The fourth-order valence-corrected chi connectivity index (χ4v) is 4.92. The predicted octanol–water partition coefficient (Wildman–Crippen LogP) is 3.64. The van der Waals surface area contributed by atoms with E-state index in [2.05, 4.69) is 24.3 Å². The van der Waals surface area contributed by atoms with Gasteiger partial charge < -0.3 is 14.4 Å². The molecule has 0 bridgehead atoms. The van der Waals surface area contributed by atoms with Gasteiger partial charge in [0.05, 0.1) is 0 Å². The van der Waals surface area contributed by atoms with Gasteiger partial charge in [-0.25, -0.2) is 0 Å². The lowest BCUT2D eigenvalue weighted by Crippen LogP contribution is -2.44. The molecular weight excluding hydrogens is 366 g/mol. The van der Waals surface area contributed by atoms with Crippen molar-refractivity contribution in [2.75, 3.05) is 26.3 Å². The summed E-state index contributed by atoms with van der Waals surface area (Å²) in [5, 5.41) is 2.32. The van der Waals surface area contributed by atoms with E-state index in [9.17, 15) is 9.59 Å². The maximum absolute atomic E-state index is 13.5. The third-order valence-corrected chi connectivity index (χ3v) is 6.38. The maximum Gasteiger partial charge on any atom is 0.292 e. The van der Waals surface area contributed by atoms with Crippen molar-refractivity contribution in [1.29, 1.82) is 0 Å². The van der Waals surface area contributed by atoms with Crippen molar-refractivity contribution in [3.63, 3.8) is 0 Å². The Morgan fingerprint density at radius 2 is 1.83 bits per heavy atom. The van der Waals surface area contributed by atoms with Crippen LogP contribution in [0.1, 0.15) is 41.3 Å². The molecule has 0 radical (unpaired) electrons. The summed E-state index contributed by atoms with van der Waals surface area (Å²) in [7, 11) is 0. The van der Waals surface area contributed by atoms with Gasteiger partial charge in [-0.1, -0.05) is 30.3 Å². The molecule has 1 unspecified atom stereocenters. The highest BCUT2D eigenvalue weighted by molar-refractivity contribution is 6.11. The second-order valence-electron chi connectivity index (χ2n) is 8.15. The van der Waals surface area contributed by atoms with Crippen LogP contribution in [0.25, 0.3) is 10.8 Å². The summed E-state index contributed by atoms with van der Waals surface area (Å²) in [5.41, 5.74) is 3.47. The Morgan fingerprint density at radius 3 is 2.66 bits per heavy atom. The molecule has 0 saturated carbocycles. The van der Waals surface area contributed by atoms with Crippen molar-refractivity contribution in [2.45, 2.75) is 32.6 Å². The van der Waals surface area contributed by atoms with E-state index in [4.69, 9.17) is 9.47 Å². The number of allylic oxidation sites excluding steroid dienone is 1. The monoisotopic (exact) mass is 391 g/mol. The van der Waals surface area contributed by atoms with Gasteiger partial charge in [0.2, 0.25) is 5.76 Å². The lowest BCUT2D eigenvalue weighted by Gasteiger charge is -2.33. The van der Waals surface area contributed by atoms with Crippen molar-refractivity contribution >= 4 is 22.5 Å². The van der Waals surface area contributed by atoms with Gasteiger partial charge in [0.1, 0.15) is 19.0 Å². The second kappa shape index (κ2) is 7.21. The molecule has 0 N–H and O–H groups in total.